The molecule has 0 saturated heterocycles. The molecule has 0 rings (SSSR count). The first-order valence-corrected chi connectivity index (χ1v) is 3.76. The SMILES string of the molecule is COC(=O)C(=C(C)C)C(C)C. The highest BCUT2D eigenvalue weighted by atomic mass is 16.5. The molecule has 0 amide bonds. The smallest absolute Gasteiger partial charge is 0.333 e. The molecule has 2 nitrogen and oxygen atoms in total. The highest BCUT2D eigenvalue weighted by Crippen LogP contribution is 2.15. The van der Waals surface area contributed by atoms with Gasteiger partial charge in [0.05, 0.1) is 7.11 Å². The van der Waals surface area contributed by atoms with Crippen molar-refractivity contribution in [3.05, 3.63) is 11.1 Å². The minimum atomic E-state index is -0.208. The highest BCUT2D eigenvalue weighted by Gasteiger charge is 2.14. The van der Waals surface area contributed by atoms with Gasteiger partial charge in [-0.1, -0.05) is 19.4 Å². The van der Waals surface area contributed by atoms with E-state index >= 15 is 0 Å². The van der Waals surface area contributed by atoms with E-state index in [1.54, 1.807) is 0 Å². The van der Waals surface area contributed by atoms with Crippen molar-refractivity contribution in [1.82, 2.24) is 0 Å². The molecule has 0 fully saturated rings. The number of carbonyl (C=O) groups is 1. The molecule has 0 aromatic rings. The van der Waals surface area contributed by atoms with Crippen LogP contribution in [-0.4, -0.2) is 13.1 Å². The second-order valence-electron chi connectivity index (χ2n) is 3.06. The summed E-state index contributed by atoms with van der Waals surface area (Å²) >= 11 is 0. The summed E-state index contributed by atoms with van der Waals surface area (Å²) in [5.41, 5.74) is 1.82. The minimum Gasteiger partial charge on any atom is -0.466 e. The van der Waals surface area contributed by atoms with Crippen LogP contribution in [0.2, 0.25) is 0 Å². The summed E-state index contributed by atoms with van der Waals surface area (Å²) in [6.45, 7) is 7.82. The van der Waals surface area contributed by atoms with Crippen LogP contribution in [-0.2, 0) is 9.53 Å². The number of methoxy groups -OCH3 is 1. The van der Waals surface area contributed by atoms with E-state index in [0.29, 0.717) is 0 Å². The summed E-state index contributed by atoms with van der Waals surface area (Å²) in [6.07, 6.45) is 0. The fourth-order valence-electron chi connectivity index (χ4n) is 1.13. The molecular weight excluding hydrogens is 140 g/mol. The Morgan fingerprint density at radius 3 is 1.82 bits per heavy atom. The maximum absolute atomic E-state index is 11.1. The average Bonchev–Trinajstić information content (AvgIpc) is 1.85. The third kappa shape index (κ3) is 2.74. The largest absolute Gasteiger partial charge is 0.466 e. The Hall–Kier alpha value is -0.790. The van der Waals surface area contributed by atoms with Crippen molar-refractivity contribution in [3.8, 4) is 0 Å². The molecule has 64 valence electrons. The summed E-state index contributed by atoms with van der Waals surface area (Å²) in [7, 11) is 1.41. The molecule has 0 aliphatic carbocycles. The highest BCUT2D eigenvalue weighted by molar-refractivity contribution is 5.89. The number of carbonyl (C=O) groups excluding carboxylic acids is 1. The van der Waals surface area contributed by atoms with Gasteiger partial charge in [0, 0.05) is 5.57 Å². The van der Waals surface area contributed by atoms with Gasteiger partial charge in [0.2, 0.25) is 0 Å². The molecular formula is C9H16O2. The second kappa shape index (κ2) is 4.16. The Labute approximate surface area is 68.2 Å². The zero-order valence-electron chi connectivity index (χ0n) is 7.89. The minimum absolute atomic E-state index is 0.208. The molecule has 0 N–H and O–H groups in total. The van der Waals surface area contributed by atoms with E-state index in [-0.39, 0.29) is 11.9 Å². The third-order valence-electron chi connectivity index (χ3n) is 1.52. The van der Waals surface area contributed by atoms with Crippen LogP contribution < -0.4 is 0 Å². The summed E-state index contributed by atoms with van der Waals surface area (Å²) in [5, 5.41) is 0. The summed E-state index contributed by atoms with van der Waals surface area (Å²) in [5.74, 6) is 0.0347. The first-order valence-electron chi connectivity index (χ1n) is 3.76. The van der Waals surface area contributed by atoms with Crippen molar-refractivity contribution in [1.29, 1.82) is 0 Å². The van der Waals surface area contributed by atoms with E-state index in [1.807, 2.05) is 27.7 Å². The lowest BCUT2D eigenvalue weighted by molar-refractivity contribution is -0.136. The number of allylic oxidation sites excluding steroid dienone is 1. The molecule has 0 unspecified atom stereocenters. The van der Waals surface area contributed by atoms with E-state index in [0.717, 1.165) is 11.1 Å². The molecule has 11 heavy (non-hydrogen) atoms. The monoisotopic (exact) mass is 156 g/mol. The summed E-state index contributed by atoms with van der Waals surface area (Å²) in [6, 6.07) is 0. The quantitative estimate of drug-likeness (QED) is 0.452. The number of esters is 1. The van der Waals surface area contributed by atoms with Crippen molar-refractivity contribution in [2.45, 2.75) is 27.7 Å². The van der Waals surface area contributed by atoms with Crippen LogP contribution in [0.5, 0.6) is 0 Å². The van der Waals surface area contributed by atoms with Crippen LogP contribution in [0.1, 0.15) is 27.7 Å². The molecule has 0 atom stereocenters. The lowest BCUT2D eigenvalue weighted by Crippen LogP contribution is -2.11. The predicted molar refractivity (Wildman–Crippen MR) is 45.2 cm³/mol. The zero-order valence-corrected chi connectivity index (χ0v) is 7.89. The molecule has 2 heteroatoms. The summed E-state index contributed by atoms with van der Waals surface area (Å²) in [4.78, 5) is 11.1. The average molecular weight is 156 g/mol. The standard InChI is InChI=1S/C9H16O2/c1-6(2)8(7(3)4)9(10)11-5/h6H,1-5H3. The second-order valence-corrected chi connectivity index (χ2v) is 3.06. The number of ether oxygens (including phenoxy) is 1. The van der Waals surface area contributed by atoms with Gasteiger partial charge in [-0.05, 0) is 19.8 Å². The molecule has 0 saturated carbocycles. The van der Waals surface area contributed by atoms with Gasteiger partial charge in [-0.3, -0.25) is 0 Å². The number of hydrogen-bond acceptors (Lipinski definition) is 2. The van der Waals surface area contributed by atoms with Crippen LogP contribution >= 0.6 is 0 Å². The molecule has 0 bridgehead atoms. The lowest BCUT2D eigenvalue weighted by Gasteiger charge is -2.10. The molecule has 0 aromatic heterocycles. The van der Waals surface area contributed by atoms with Crippen molar-refractivity contribution in [2.75, 3.05) is 7.11 Å². The lowest BCUT2D eigenvalue weighted by atomic mass is 9.99. The van der Waals surface area contributed by atoms with Gasteiger partial charge in [0.1, 0.15) is 0 Å². The number of rotatable bonds is 2. The van der Waals surface area contributed by atoms with Crippen molar-refractivity contribution in [3.63, 3.8) is 0 Å². The first-order chi connectivity index (χ1) is 5.00. The van der Waals surface area contributed by atoms with Crippen molar-refractivity contribution < 1.29 is 9.53 Å². The van der Waals surface area contributed by atoms with Gasteiger partial charge in [0.15, 0.2) is 0 Å². The van der Waals surface area contributed by atoms with Crippen molar-refractivity contribution in [2.24, 2.45) is 5.92 Å². The first kappa shape index (κ1) is 10.2. The molecule has 0 radical (unpaired) electrons. The maximum Gasteiger partial charge on any atom is 0.333 e. The molecule has 0 aliphatic heterocycles. The van der Waals surface area contributed by atoms with Crippen LogP contribution in [0.3, 0.4) is 0 Å². The Balaban J connectivity index is 4.64. The van der Waals surface area contributed by atoms with E-state index in [1.165, 1.54) is 7.11 Å². The molecule has 0 aromatic carbocycles. The van der Waals surface area contributed by atoms with E-state index in [4.69, 9.17) is 0 Å². The molecule has 0 aliphatic rings. The van der Waals surface area contributed by atoms with Crippen molar-refractivity contribution >= 4 is 5.97 Å². The predicted octanol–water partition coefficient (Wildman–Crippen LogP) is 2.15. The Morgan fingerprint density at radius 2 is 1.73 bits per heavy atom. The normalized spacial score (nSPS) is 9.64. The van der Waals surface area contributed by atoms with Gasteiger partial charge >= 0.3 is 5.97 Å². The van der Waals surface area contributed by atoms with Crippen LogP contribution in [0.25, 0.3) is 0 Å². The molecule has 0 spiro atoms. The van der Waals surface area contributed by atoms with E-state index < -0.39 is 0 Å². The fraction of sp³-hybridized carbons (Fsp3) is 0.667. The van der Waals surface area contributed by atoms with Gasteiger partial charge in [-0.2, -0.15) is 0 Å². The third-order valence-corrected chi connectivity index (χ3v) is 1.52. The maximum atomic E-state index is 11.1. The van der Waals surface area contributed by atoms with Crippen LogP contribution in [0.4, 0.5) is 0 Å². The Bertz CT molecular complexity index is 174. The zero-order chi connectivity index (χ0) is 9.02. The van der Waals surface area contributed by atoms with Gasteiger partial charge in [-0.25, -0.2) is 4.79 Å². The topological polar surface area (TPSA) is 26.3 Å². The van der Waals surface area contributed by atoms with Crippen LogP contribution in [0.15, 0.2) is 11.1 Å². The fourth-order valence-corrected chi connectivity index (χ4v) is 1.13. The Morgan fingerprint density at radius 1 is 1.27 bits per heavy atom. The van der Waals surface area contributed by atoms with E-state index in [9.17, 15) is 4.79 Å². The van der Waals surface area contributed by atoms with Crippen LogP contribution in [0, 0.1) is 5.92 Å². The van der Waals surface area contributed by atoms with Gasteiger partial charge in [-0.15, -0.1) is 0 Å². The number of hydrogen-bond donors (Lipinski definition) is 0. The van der Waals surface area contributed by atoms with Gasteiger partial charge < -0.3 is 4.74 Å². The molecule has 0 heterocycles. The van der Waals surface area contributed by atoms with Gasteiger partial charge in [0.25, 0.3) is 0 Å². The van der Waals surface area contributed by atoms with E-state index in [2.05, 4.69) is 4.74 Å². The Kier molecular flexibility index (Phi) is 3.86. The summed E-state index contributed by atoms with van der Waals surface area (Å²) < 4.78 is 4.64.